The highest BCUT2D eigenvalue weighted by molar-refractivity contribution is 7.98. The highest BCUT2D eigenvalue weighted by Gasteiger charge is 2.12. The fraction of sp³-hybridized carbons (Fsp3) is 0.222. The molecule has 0 unspecified atom stereocenters. The molecule has 0 spiro atoms. The van der Waals surface area contributed by atoms with Gasteiger partial charge in [-0.15, -0.1) is 0 Å². The van der Waals surface area contributed by atoms with Gasteiger partial charge in [-0.1, -0.05) is 30.3 Å². The zero-order valence-corrected chi connectivity index (χ0v) is 15.1. The van der Waals surface area contributed by atoms with Gasteiger partial charge in [-0.3, -0.25) is 9.59 Å². The molecule has 3 aromatic rings. The van der Waals surface area contributed by atoms with Gasteiger partial charge in [-0.25, -0.2) is 9.97 Å². The van der Waals surface area contributed by atoms with E-state index < -0.39 is 11.5 Å². The van der Waals surface area contributed by atoms with Gasteiger partial charge in [0.05, 0.1) is 12.0 Å². The molecule has 3 rings (SSSR count). The van der Waals surface area contributed by atoms with Crippen LogP contribution in [0, 0.1) is 6.92 Å². The van der Waals surface area contributed by atoms with Crippen molar-refractivity contribution in [1.29, 1.82) is 0 Å². The Morgan fingerprint density at radius 1 is 1.23 bits per heavy atom. The Balaban J connectivity index is 1.52. The number of aryl methyl sites for hydroxylation is 1. The van der Waals surface area contributed by atoms with E-state index in [1.165, 1.54) is 6.20 Å². The maximum Gasteiger partial charge on any atom is 0.264 e. The number of hydrogen-bond acceptors (Lipinski definition) is 5. The summed E-state index contributed by atoms with van der Waals surface area (Å²) in [5.41, 5.74) is 2.42. The lowest BCUT2D eigenvalue weighted by Crippen LogP contribution is -2.31. The molecule has 0 aliphatic carbocycles. The second kappa shape index (κ2) is 8.48. The minimum Gasteiger partial charge on any atom is -0.351 e. The van der Waals surface area contributed by atoms with Crippen molar-refractivity contribution in [3.05, 3.63) is 70.2 Å². The predicted molar refractivity (Wildman–Crippen MR) is 102 cm³/mol. The number of H-pyrrole nitrogens is 2. The van der Waals surface area contributed by atoms with E-state index in [1.54, 1.807) is 18.1 Å². The van der Waals surface area contributed by atoms with E-state index in [4.69, 9.17) is 0 Å². The lowest BCUT2D eigenvalue weighted by atomic mass is 10.2. The van der Waals surface area contributed by atoms with Crippen LogP contribution in [-0.4, -0.2) is 38.1 Å². The van der Waals surface area contributed by atoms with E-state index in [2.05, 4.69) is 25.3 Å². The molecule has 0 atom stereocenters. The number of carbonyl (C=O) groups is 1. The lowest BCUT2D eigenvalue weighted by molar-refractivity contribution is 0.0954. The maximum atomic E-state index is 12.2. The largest absolute Gasteiger partial charge is 0.351 e. The second-order valence-corrected chi connectivity index (χ2v) is 6.73. The number of benzene rings is 1. The Labute approximate surface area is 154 Å². The molecule has 0 saturated carbocycles. The minimum atomic E-state index is -0.448. The van der Waals surface area contributed by atoms with Crippen molar-refractivity contribution >= 4 is 17.7 Å². The molecule has 134 valence electrons. The molecule has 0 radical (unpaired) electrons. The van der Waals surface area contributed by atoms with E-state index in [1.807, 2.05) is 37.3 Å². The van der Waals surface area contributed by atoms with Gasteiger partial charge >= 0.3 is 0 Å². The Bertz CT molecular complexity index is 936. The van der Waals surface area contributed by atoms with E-state index in [-0.39, 0.29) is 5.56 Å². The topological polar surface area (TPSA) is 104 Å². The Kier molecular flexibility index (Phi) is 5.85. The summed E-state index contributed by atoms with van der Waals surface area (Å²) >= 11 is 1.67. The van der Waals surface area contributed by atoms with Crippen LogP contribution in [0.5, 0.6) is 0 Å². The minimum absolute atomic E-state index is 0.0119. The number of imidazole rings is 1. The van der Waals surface area contributed by atoms with Crippen LogP contribution in [0.25, 0.3) is 11.4 Å². The molecule has 2 aromatic heterocycles. The van der Waals surface area contributed by atoms with Crippen molar-refractivity contribution in [3.63, 3.8) is 0 Å². The van der Waals surface area contributed by atoms with E-state index in [9.17, 15) is 9.59 Å². The fourth-order valence-corrected chi connectivity index (χ4v) is 3.21. The third-order valence-electron chi connectivity index (χ3n) is 3.80. The van der Waals surface area contributed by atoms with Gasteiger partial charge in [-0.2, -0.15) is 11.8 Å². The summed E-state index contributed by atoms with van der Waals surface area (Å²) in [6.45, 7) is 2.44. The maximum absolute atomic E-state index is 12.2. The number of thioether (sulfide) groups is 1. The summed E-state index contributed by atoms with van der Waals surface area (Å²) in [5.74, 6) is 1.52. The van der Waals surface area contributed by atoms with Crippen LogP contribution in [0.15, 0.2) is 47.7 Å². The molecule has 2 heterocycles. The first-order valence-electron chi connectivity index (χ1n) is 8.14. The number of aromatic nitrogens is 4. The number of aromatic amines is 2. The highest BCUT2D eigenvalue weighted by Crippen LogP contribution is 2.12. The Morgan fingerprint density at radius 2 is 2.04 bits per heavy atom. The molecule has 1 aromatic carbocycles. The first-order chi connectivity index (χ1) is 12.6. The summed E-state index contributed by atoms with van der Waals surface area (Å²) in [7, 11) is 0. The van der Waals surface area contributed by atoms with Gasteiger partial charge in [0.25, 0.3) is 11.5 Å². The van der Waals surface area contributed by atoms with Crippen molar-refractivity contribution in [1.82, 2.24) is 25.3 Å². The van der Waals surface area contributed by atoms with Gasteiger partial charge in [0.1, 0.15) is 11.4 Å². The molecule has 0 bridgehead atoms. The highest BCUT2D eigenvalue weighted by atomic mass is 32.2. The van der Waals surface area contributed by atoms with Crippen molar-refractivity contribution in [2.75, 3.05) is 12.3 Å². The predicted octanol–water partition coefficient (Wildman–Crippen LogP) is 2.13. The third-order valence-corrected chi connectivity index (χ3v) is 4.77. The normalized spacial score (nSPS) is 10.7. The summed E-state index contributed by atoms with van der Waals surface area (Å²) in [6.07, 6.45) is 2.99. The SMILES string of the molecule is Cc1[nH]cnc1CSCCNC(=O)c1cnc(-c2ccccc2)[nH]c1=O. The zero-order valence-electron chi connectivity index (χ0n) is 14.3. The number of nitrogens with zero attached hydrogens (tertiary/aromatic N) is 2. The Morgan fingerprint density at radius 3 is 2.73 bits per heavy atom. The van der Waals surface area contributed by atoms with Gasteiger partial charge in [0.15, 0.2) is 0 Å². The number of rotatable bonds is 7. The second-order valence-electron chi connectivity index (χ2n) is 5.62. The van der Waals surface area contributed by atoms with Crippen molar-refractivity contribution < 1.29 is 4.79 Å². The van der Waals surface area contributed by atoms with E-state index in [0.29, 0.717) is 12.4 Å². The molecule has 0 fully saturated rings. The first kappa shape index (κ1) is 17.9. The Hall–Kier alpha value is -2.87. The molecule has 3 N–H and O–H groups in total. The van der Waals surface area contributed by atoms with Crippen molar-refractivity contribution in [2.45, 2.75) is 12.7 Å². The van der Waals surface area contributed by atoms with Crippen molar-refractivity contribution in [3.8, 4) is 11.4 Å². The van der Waals surface area contributed by atoms with Crippen LogP contribution in [0.3, 0.4) is 0 Å². The number of carbonyl (C=O) groups excluding carboxylic acids is 1. The van der Waals surface area contributed by atoms with Gasteiger partial charge in [0.2, 0.25) is 0 Å². The average Bonchev–Trinajstić information content (AvgIpc) is 3.07. The fourth-order valence-electron chi connectivity index (χ4n) is 2.33. The van der Waals surface area contributed by atoms with Crippen LogP contribution in [0.2, 0.25) is 0 Å². The van der Waals surface area contributed by atoms with Crippen LogP contribution in [0.1, 0.15) is 21.7 Å². The molecule has 0 aliphatic heterocycles. The van der Waals surface area contributed by atoms with Crippen LogP contribution in [-0.2, 0) is 5.75 Å². The standard InChI is InChI=1S/C18H19N5O2S/c1-12-15(22-11-21-12)10-26-8-7-19-17(24)14-9-20-16(23-18(14)25)13-5-3-2-4-6-13/h2-6,9,11H,7-8,10H2,1H3,(H,19,24)(H,21,22)(H,20,23,25). The van der Waals surface area contributed by atoms with Crippen LogP contribution < -0.4 is 10.9 Å². The molecule has 26 heavy (non-hydrogen) atoms. The molecular formula is C18H19N5O2S. The van der Waals surface area contributed by atoms with Gasteiger partial charge in [-0.05, 0) is 6.92 Å². The molecule has 7 nitrogen and oxygen atoms in total. The first-order valence-corrected chi connectivity index (χ1v) is 9.30. The summed E-state index contributed by atoms with van der Waals surface area (Å²) in [4.78, 5) is 38.4. The summed E-state index contributed by atoms with van der Waals surface area (Å²) in [5, 5.41) is 2.75. The average molecular weight is 369 g/mol. The molecular weight excluding hydrogens is 350 g/mol. The smallest absolute Gasteiger partial charge is 0.264 e. The molecule has 0 saturated heterocycles. The number of hydrogen-bond donors (Lipinski definition) is 3. The summed E-state index contributed by atoms with van der Waals surface area (Å²) in [6, 6.07) is 9.29. The van der Waals surface area contributed by atoms with Gasteiger partial charge in [0, 0.05) is 35.5 Å². The third kappa shape index (κ3) is 4.40. The lowest BCUT2D eigenvalue weighted by Gasteiger charge is -2.05. The van der Waals surface area contributed by atoms with Gasteiger partial charge < -0.3 is 15.3 Å². The van der Waals surface area contributed by atoms with Crippen molar-refractivity contribution in [2.24, 2.45) is 0 Å². The number of amides is 1. The monoisotopic (exact) mass is 369 g/mol. The molecule has 8 heteroatoms. The molecule has 1 amide bonds. The quantitative estimate of drug-likeness (QED) is 0.554. The molecule has 0 aliphatic rings. The van der Waals surface area contributed by atoms with Crippen LogP contribution in [0.4, 0.5) is 0 Å². The summed E-state index contributed by atoms with van der Waals surface area (Å²) < 4.78 is 0. The number of nitrogens with one attached hydrogen (secondary N) is 3. The zero-order chi connectivity index (χ0) is 18.4. The van der Waals surface area contributed by atoms with Crippen LogP contribution >= 0.6 is 11.8 Å². The van der Waals surface area contributed by atoms with E-state index >= 15 is 0 Å². The van der Waals surface area contributed by atoms with E-state index in [0.717, 1.165) is 28.5 Å².